The van der Waals surface area contributed by atoms with Gasteiger partial charge in [-0.25, -0.2) is 9.55 Å². The van der Waals surface area contributed by atoms with Crippen LogP contribution in [0.3, 0.4) is 0 Å². The van der Waals surface area contributed by atoms with E-state index in [2.05, 4.69) is 11.2 Å². The molecule has 6 nitrogen and oxygen atoms in total. The summed E-state index contributed by atoms with van der Waals surface area (Å²) >= 11 is 12.1. The number of fused-ring (bicyclic) bond motifs is 1. The fourth-order valence-corrected chi connectivity index (χ4v) is 4.32. The maximum atomic E-state index is 13.7. The maximum Gasteiger partial charge on any atom is 0.263 e. The van der Waals surface area contributed by atoms with Crippen molar-refractivity contribution in [1.82, 2.24) is 14.5 Å². The lowest BCUT2D eigenvalue weighted by molar-refractivity contribution is 0.0653. The van der Waals surface area contributed by atoms with Gasteiger partial charge in [-0.2, -0.15) is 0 Å². The Bertz CT molecular complexity index is 1360. The Morgan fingerprint density at radius 2 is 1.88 bits per heavy atom. The number of benzene rings is 2. The lowest BCUT2D eigenvalue weighted by Crippen LogP contribution is -2.46. The van der Waals surface area contributed by atoms with Gasteiger partial charge in [-0.1, -0.05) is 29.1 Å². The Labute approximate surface area is 208 Å². The number of terminal acetylenes is 1. The van der Waals surface area contributed by atoms with Crippen LogP contribution in [0.4, 0.5) is 5.95 Å². The molecule has 1 N–H and O–H groups in total. The van der Waals surface area contributed by atoms with Gasteiger partial charge in [0, 0.05) is 28.8 Å². The lowest BCUT2D eigenvalue weighted by atomic mass is 9.98. The van der Waals surface area contributed by atoms with Crippen LogP contribution in [0.5, 0.6) is 0 Å². The minimum absolute atomic E-state index is 0.0395. The van der Waals surface area contributed by atoms with Crippen molar-refractivity contribution in [2.75, 3.05) is 5.32 Å². The van der Waals surface area contributed by atoms with Gasteiger partial charge in [0.25, 0.3) is 11.5 Å². The zero-order valence-electron chi connectivity index (χ0n) is 19.1. The van der Waals surface area contributed by atoms with Crippen LogP contribution in [-0.4, -0.2) is 32.4 Å². The second-order valence-electron chi connectivity index (χ2n) is 8.61. The van der Waals surface area contributed by atoms with Gasteiger partial charge < -0.3 is 10.2 Å². The highest BCUT2D eigenvalue weighted by atomic mass is 35.5. The summed E-state index contributed by atoms with van der Waals surface area (Å²) in [5.74, 6) is 2.82. The Hall–Kier alpha value is -3.27. The van der Waals surface area contributed by atoms with Gasteiger partial charge >= 0.3 is 0 Å². The third-order valence-corrected chi connectivity index (χ3v) is 6.49. The van der Waals surface area contributed by atoms with E-state index in [1.807, 2.05) is 32.9 Å². The number of anilines is 1. The van der Waals surface area contributed by atoms with E-state index >= 15 is 0 Å². The van der Waals surface area contributed by atoms with Crippen molar-refractivity contribution in [3.05, 3.63) is 85.2 Å². The second-order valence-corrected chi connectivity index (χ2v) is 9.42. The average Bonchev–Trinajstić information content (AvgIpc) is 2.80. The molecule has 1 aromatic heterocycles. The number of carbonyl (C=O) groups is 1. The number of amides is 1. The van der Waals surface area contributed by atoms with Crippen LogP contribution in [0.2, 0.25) is 10.0 Å². The minimum atomic E-state index is -0.204. The number of carbonyl (C=O) groups excluding carboxylic acids is 1. The van der Waals surface area contributed by atoms with E-state index in [1.165, 1.54) is 0 Å². The van der Waals surface area contributed by atoms with E-state index in [0.29, 0.717) is 44.9 Å². The largest absolute Gasteiger partial charge is 0.353 e. The van der Waals surface area contributed by atoms with Crippen LogP contribution in [0.25, 0.3) is 5.69 Å². The molecule has 4 rings (SSSR count). The topological polar surface area (TPSA) is 67.2 Å². The first kappa shape index (κ1) is 23.9. The predicted octanol–water partition coefficient (Wildman–Crippen LogP) is 4.93. The number of rotatable bonds is 4. The summed E-state index contributed by atoms with van der Waals surface area (Å²) in [5.41, 5.74) is 2.86. The third kappa shape index (κ3) is 4.54. The molecule has 3 aromatic rings. The van der Waals surface area contributed by atoms with Gasteiger partial charge in [0.15, 0.2) is 0 Å². The third-order valence-electron chi connectivity index (χ3n) is 5.75. The number of halogens is 2. The molecule has 174 valence electrons. The van der Waals surface area contributed by atoms with E-state index < -0.39 is 0 Å². The first-order chi connectivity index (χ1) is 16.2. The highest BCUT2D eigenvalue weighted by Crippen LogP contribution is 2.27. The van der Waals surface area contributed by atoms with Crippen LogP contribution >= 0.6 is 23.2 Å². The molecule has 0 bridgehead atoms. The van der Waals surface area contributed by atoms with E-state index in [0.717, 1.165) is 5.56 Å². The summed E-state index contributed by atoms with van der Waals surface area (Å²) in [5, 5.41) is 3.97. The van der Waals surface area contributed by atoms with Crippen LogP contribution in [0.15, 0.2) is 47.3 Å². The molecule has 1 aliphatic heterocycles. The molecule has 0 radical (unpaired) electrons. The molecule has 0 unspecified atom stereocenters. The molecular weight excluding hydrogens is 471 g/mol. The Kier molecular flexibility index (Phi) is 6.70. The van der Waals surface area contributed by atoms with E-state index in [9.17, 15) is 9.59 Å². The summed E-state index contributed by atoms with van der Waals surface area (Å²) in [6.45, 7) is 6.08. The zero-order valence-corrected chi connectivity index (χ0v) is 20.6. The van der Waals surface area contributed by atoms with Crippen molar-refractivity contribution in [3.8, 4) is 18.0 Å². The standard InChI is InChI=1S/C26H24Cl2N4O2/c1-5-17-6-9-19(10-7-17)32-25(34)20-12-16(4)31(14-23(20)30-26(32)29-15(2)3)24(33)18-8-11-21(27)22(28)13-18/h1,6-11,13,15-16H,12,14H2,2-4H3,(H,29,30)/t16-/m1/s1. The summed E-state index contributed by atoms with van der Waals surface area (Å²) in [4.78, 5) is 33.4. The molecule has 1 amide bonds. The van der Waals surface area contributed by atoms with Gasteiger partial charge in [0.05, 0.1) is 28.0 Å². The Morgan fingerprint density at radius 3 is 2.50 bits per heavy atom. The normalized spacial score (nSPS) is 15.1. The van der Waals surface area contributed by atoms with Crippen molar-refractivity contribution < 1.29 is 4.79 Å². The molecule has 0 saturated heterocycles. The highest BCUT2D eigenvalue weighted by Gasteiger charge is 2.32. The maximum absolute atomic E-state index is 13.7. The Morgan fingerprint density at radius 1 is 1.18 bits per heavy atom. The fraction of sp³-hybridized carbons (Fsp3) is 0.269. The van der Waals surface area contributed by atoms with Gasteiger partial charge in [-0.05, 0) is 69.7 Å². The van der Waals surface area contributed by atoms with E-state index in [1.54, 1.807) is 39.8 Å². The number of aromatic nitrogens is 2. The summed E-state index contributed by atoms with van der Waals surface area (Å²) in [6.07, 6.45) is 5.86. The molecule has 34 heavy (non-hydrogen) atoms. The van der Waals surface area contributed by atoms with Gasteiger partial charge in [-0.15, -0.1) is 6.42 Å². The monoisotopic (exact) mass is 494 g/mol. The van der Waals surface area contributed by atoms with Gasteiger partial charge in [0.2, 0.25) is 5.95 Å². The first-order valence-corrected chi connectivity index (χ1v) is 11.7. The van der Waals surface area contributed by atoms with Crippen LogP contribution in [0, 0.1) is 12.3 Å². The van der Waals surface area contributed by atoms with Crippen LogP contribution in [0.1, 0.15) is 48.0 Å². The molecular formula is C26H24Cl2N4O2. The lowest BCUT2D eigenvalue weighted by Gasteiger charge is -2.34. The zero-order chi connectivity index (χ0) is 24.6. The summed E-state index contributed by atoms with van der Waals surface area (Å²) in [7, 11) is 0. The summed E-state index contributed by atoms with van der Waals surface area (Å²) in [6, 6.07) is 11.9. The first-order valence-electron chi connectivity index (χ1n) is 10.9. The van der Waals surface area contributed by atoms with Crippen molar-refractivity contribution >= 4 is 35.1 Å². The van der Waals surface area contributed by atoms with Crippen LogP contribution < -0.4 is 10.9 Å². The predicted molar refractivity (Wildman–Crippen MR) is 136 cm³/mol. The molecule has 1 atom stereocenters. The number of hydrogen-bond donors (Lipinski definition) is 1. The van der Waals surface area contributed by atoms with E-state index in [-0.39, 0.29) is 30.1 Å². The molecule has 8 heteroatoms. The van der Waals surface area contributed by atoms with Gasteiger partial charge in [-0.3, -0.25) is 9.59 Å². The van der Waals surface area contributed by atoms with Crippen molar-refractivity contribution in [2.24, 2.45) is 0 Å². The molecule has 0 fully saturated rings. The number of nitrogens with zero attached hydrogens (tertiary/aromatic N) is 3. The SMILES string of the molecule is C#Cc1ccc(-n2c(NC(C)C)nc3c(c2=O)C[C@@H](C)N(C(=O)c2ccc(Cl)c(Cl)c2)C3)cc1. The molecule has 1 aliphatic rings. The molecule has 0 spiro atoms. The van der Waals surface area contributed by atoms with Crippen molar-refractivity contribution in [1.29, 1.82) is 0 Å². The van der Waals surface area contributed by atoms with Crippen molar-refractivity contribution in [3.63, 3.8) is 0 Å². The smallest absolute Gasteiger partial charge is 0.263 e. The summed E-state index contributed by atoms with van der Waals surface area (Å²) < 4.78 is 1.57. The molecule has 0 saturated carbocycles. The quantitative estimate of drug-likeness (QED) is 0.522. The molecule has 2 heterocycles. The molecule has 2 aromatic carbocycles. The highest BCUT2D eigenvalue weighted by molar-refractivity contribution is 6.42. The van der Waals surface area contributed by atoms with E-state index in [4.69, 9.17) is 34.6 Å². The number of nitrogens with one attached hydrogen (secondary N) is 1. The fourth-order valence-electron chi connectivity index (χ4n) is 4.03. The Balaban J connectivity index is 1.77. The molecule has 0 aliphatic carbocycles. The van der Waals surface area contributed by atoms with Gasteiger partial charge in [0.1, 0.15) is 0 Å². The second kappa shape index (κ2) is 9.54. The van der Waals surface area contributed by atoms with Crippen molar-refractivity contribution in [2.45, 2.75) is 45.8 Å². The average molecular weight is 495 g/mol. The van der Waals surface area contributed by atoms with Crippen LogP contribution in [-0.2, 0) is 13.0 Å². The minimum Gasteiger partial charge on any atom is -0.353 e. The number of hydrogen-bond acceptors (Lipinski definition) is 4.